The molecule has 1 saturated heterocycles. The minimum atomic E-state index is 0.158. The maximum absolute atomic E-state index is 12.9. The SMILES string of the molecule is CCN(CC)CCN(Cc1cccs1)C(=O)C1CCCNC1. The number of thiophene rings is 1. The molecule has 124 valence electrons. The predicted octanol–water partition coefficient (Wildman–Crippen LogP) is 2.42. The van der Waals surface area contributed by atoms with Crippen molar-refractivity contribution in [3.63, 3.8) is 0 Å². The van der Waals surface area contributed by atoms with Crippen molar-refractivity contribution in [2.75, 3.05) is 39.3 Å². The fourth-order valence-electron chi connectivity index (χ4n) is 2.98. The number of nitrogens with one attached hydrogen (secondary N) is 1. The molecule has 0 radical (unpaired) electrons. The highest BCUT2D eigenvalue weighted by Gasteiger charge is 2.26. The minimum absolute atomic E-state index is 0.158. The van der Waals surface area contributed by atoms with Crippen molar-refractivity contribution in [1.29, 1.82) is 0 Å². The third kappa shape index (κ3) is 5.07. The van der Waals surface area contributed by atoms with E-state index in [1.165, 1.54) is 4.88 Å². The van der Waals surface area contributed by atoms with E-state index in [0.29, 0.717) is 5.91 Å². The lowest BCUT2D eigenvalue weighted by atomic mass is 9.98. The van der Waals surface area contributed by atoms with Gasteiger partial charge < -0.3 is 15.1 Å². The molecule has 0 aromatic carbocycles. The summed E-state index contributed by atoms with van der Waals surface area (Å²) in [5.41, 5.74) is 0. The smallest absolute Gasteiger partial charge is 0.227 e. The summed E-state index contributed by atoms with van der Waals surface area (Å²) in [6.07, 6.45) is 2.14. The van der Waals surface area contributed by atoms with E-state index in [-0.39, 0.29) is 5.92 Å². The highest BCUT2D eigenvalue weighted by molar-refractivity contribution is 7.09. The zero-order chi connectivity index (χ0) is 15.8. The van der Waals surface area contributed by atoms with E-state index < -0.39 is 0 Å². The maximum Gasteiger partial charge on any atom is 0.227 e. The molecule has 2 heterocycles. The third-order valence-electron chi connectivity index (χ3n) is 4.47. The van der Waals surface area contributed by atoms with Gasteiger partial charge in [0.2, 0.25) is 5.91 Å². The van der Waals surface area contributed by atoms with Gasteiger partial charge in [0.1, 0.15) is 0 Å². The maximum atomic E-state index is 12.9. The highest BCUT2D eigenvalue weighted by Crippen LogP contribution is 2.18. The normalized spacial score (nSPS) is 18.6. The lowest BCUT2D eigenvalue weighted by molar-refractivity contribution is -0.136. The standard InChI is InChI=1S/C17H29N3OS/c1-3-19(4-2)10-11-20(14-16-8-6-12-22-16)17(21)15-7-5-9-18-13-15/h6,8,12,15,18H,3-5,7,9-11,13-14H2,1-2H3. The average molecular weight is 324 g/mol. The van der Waals surface area contributed by atoms with Crippen LogP contribution in [0.1, 0.15) is 31.6 Å². The van der Waals surface area contributed by atoms with Crippen LogP contribution in [0.5, 0.6) is 0 Å². The predicted molar refractivity (Wildman–Crippen MR) is 93.1 cm³/mol. The molecule has 0 saturated carbocycles. The largest absolute Gasteiger partial charge is 0.336 e. The molecule has 5 heteroatoms. The number of amides is 1. The van der Waals surface area contributed by atoms with E-state index in [1.54, 1.807) is 11.3 Å². The number of hydrogen-bond donors (Lipinski definition) is 1. The number of hydrogen-bond acceptors (Lipinski definition) is 4. The molecular formula is C17H29N3OS. The Balaban J connectivity index is 1.97. The number of nitrogens with zero attached hydrogens (tertiary/aromatic N) is 2. The van der Waals surface area contributed by atoms with Crippen molar-refractivity contribution in [2.45, 2.75) is 33.2 Å². The summed E-state index contributed by atoms with van der Waals surface area (Å²) in [5.74, 6) is 0.484. The number of likely N-dealkylation sites (N-methyl/N-ethyl adjacent to an activating group) is 1. The van der Waals surface area contributed by atoms with Crippen LogP contribution in [0, 0.1) is 5.92 Å². The molecule has 1 aromatic heterocycles. The number of rotatable bonds is 8. The monoisotopic (exact) mass is 323 g/mol. The summed E-state index contributed by atoms with van der Waals surface area (Å²) in [5, 5.41) is 5.45. The number of carbonyl (C=O) groups excluding carboxylic acids is 1. The summed E-state index contributed by atoms with van der Waals surface area (Å²) < 4.78 is 0. The second-order valence-electron chi connectivity index (χ2n) is 5.91. The lowest BCUT2D eigenvalue weighted by Gasteiger charge is -2.31. The van der Waals surface area contributed by atoms with Gasteiger partial charge in [-0.15, -0.1) is 11.3 Å². The van der Waals surface area contributed by atoms with E-state index in [9.17, 15) is 4.79 Å². The van der Waals surface area contributed by atoms with Crippen molar-refractivity contribution >= 4 is 17.2 Å². The Bertz CT molecular complexity index is 425. The molecule has 1 aliphatic rings. The van der Waals surface area contributed by atoms with Crippen LogP contribution in [0.4, 0.5) is 0 Å². The van der Waals surface area contributed by atoms with Gasteiger partial charge >= 0.3 is 0 Å². The Labute approximate surface area is 138 Å². The van der Waals surface area contributed by atoms with Gasteiger partial charge in [0.05, 0.1) is 12.5 Å². The summed E-state index contributed by atoms with van der Waals surface area (Å²) in [6.45, 7) is 10.9. The molecule has 4 nitrogen and oxygen atoms in total. The first-order valence-electron chi connectivity index (χ1n) is 8.48. The quantitative estimate of drug-likeness (QED) is 0.798. The van der Waals surface area contributed by atoms with Gasteiger partial charge in [-0.25, -0.2) is 0 Å². The summed E-state index contributed by atoms with van der Waals surface area (Å²) >= 11 is 1.74. The van der Waals surface area contributed by atoms with E-state index >= 15 is 0 Å². The lowest BCUT2D eigenvalue weighted by Crippen LogP contribution is -2.45. The van der Waals surface area contributed by atoms with E-state index in [2.05, 4.69) is 46.5 Å². The fraction of sp³-hybridized carbons (Fsp3) is 0.706. The third-order valence-corrected chi connectivity index (χ3v) is 5.33. The molecule has 1 aromatic rings. The van der Waals surface area contributed by atoms with E-state index in [4.69, 9.17) is 0 Å². The van der Waals surface area contributed by atoms with Crippen LogP contribution in [0.15, 0.2) is 17.5 Å². The first kappa shape index (κ1) is 17.4. The Morgan fingerprint density at radius 3 is 2.77 bits per heavy atom. The molecule has 0 spiro atoms. The minimum Gasteiger partial charge on any atom is -0.336 e. The van der Waals surface area contributed by atoms with E-state index in [0.717, 1.165) is 58.7 Å². The van der Waals surface area contributed by atoms with Crippen LogP contribution < -0.4 is 5.32 Å². The zero-order valence-corrected chi connectivity index (χ0v) is 14.7. The second-order valence-corrected chi connectivity index (χ2v) is 6.94. The topological polar surface area (TPSA) is 35.6 Å². The van der Waals surface area contributed by atoms with Crippen LogP contribution in [0.25, 0.3) is 0 Å². The second kappa shape index (κ2) is 9.28. The summed E-state index contributed by atoms with van der Waals surface area (Å²) in [6, 6.07) is 4.19. The molecule has 1 amide bonds. The van der Waals surface area contributed by atoms with Crippen LogP contribution in [0.3, 0.4) is 0 Å². The molecule has 1 unspecified atom stereocenters. The van der Waals surface area contributed by atoms with Crippen LogP contribution >= 0.6 is 11.3 Å². The van der Waals surface area contributed by atoms with Gasteiger partial charge in [-0.3, -0.25) is 4.79 Å². The van der Waals surface area contributed by atoms with Crippen LogP contribution in [-0.4, -0.2) is 55.0 Å². The number of carbonyl (C=O) groups is 1. The van der Waals surface area contributed by atoms with Crippen LogP contribution in [-0.2, 0) is 11.3 Å². The van der Waals surface area contributed by atoms with Crippen molar-refractivity contribution in [3.8, 4) is 0 Å². The Hall–Kier alpha value is -0.910. The van der Waals surface area contributed by atoms with Crippen molar-refractivity contribution in [1.82, 2.24) is 15.1 Å². The first-order chi connectivity index (χ1) is 10.7. The molecule has 1 N–H and O–H groups in total. The Kier molecular flexibility index (Phi) is 7.36. The molecule has 0 bridgehead atoms. The van der Waals surface area contributed by atoms with Gasteiger partial charge in [-0.2, -0.15) is 0 Å². The summed E-state index contributed by atoms with van der Waals surface area (Å²) in [4.78, 5) is 18.6. The van der Waals surface area contributed by atoms with Crippen molar-refractivity contribution in [3.05, 3.63) is 22.4 Å². The molecule has 0 aliphatic carbocycles. The molecular weight excluding hydrogens is 294 g/mol. The summed E-state index contributed by atoms with van der Waals surface area (Å²) in [7, 11) is 0. The molecule has 1 fully saturated rings. The van der Waals surface area contributed by atoms with Gasteiger partial charge in [-0.05, 0) is 43.9 Å². The van der Waals surface area contributed by atoms with E-state index in [1.807, 2.05) is 0 Å². The zero-order valence-electron chi connectivity index (χ0n) is 13.9. The van der Waals surface area contributed by atoms with Gasteiger partial charge in [0, 0.05) is 24.5 Å². The highest BCUT2D eigenvalue weighted by atomic mass is 32.1. The number of piperidine rings is 1. The average Bonchev–Trinajstić information content (AvgIpc) is 3.08. The molecule has 1 atom stereocenters. The Morgan fingerprint density at radius 2 is 2.18 bits per heavy atom. The van der Waals surface area contributed by atoms with Gasteiger partial charge in [0.25, 0.3) is 0 Å². The van der Waals surface area contributed by atoms with Crippen LogP contribution in [0.2, 0.25) is 0 Å². The molecule has 22 heavy (non-hydrogen) atoms. The van der Waals surface area contributed by atoms with Gasteiger partial charge in [-0.1, -0.05) is 19.9 Å². The Morgan fingerprint density at radius 1 is 1.36 bits per heavy atom. The van der Waals surface area contributed by atoms with Crippen molar-refractivity contribution in [2.24, 2.45) is 5.92 Å². The van der Waals surface area contributed by atoms with Crippen molar-refractivity contribution < 1.29 is 4.79 Å². The fourth-order valence-corrected chi connectivity index (χ4v) is 3.70. The van der Waals surface area contributed by atoms with Gasteiger partial charge in [0.15, 0.2) is 0 Å². The first-order valence-corrected chi connectivity index (χ1v) is 9.36. The molecule has 2 rings (SSSR count). The molecule has 1 aliphatic heterocycles.